The standard InChI is InChI=1S/C15H16F4N2O4/c1-23-12-9(3-2-8(16)11(12)17)21-5-15(4-10(21)13(20)22)24-6-14(18,19)7-25-15/h2-3,10H,4-7H2,1H3,(H2,20,22). The number of carbonyl (C=O) groups excluding carboxylic acids is 1. The summed E-state index contributed by atoms with van der Waals surface area (Å²) in [6.45, 7) is -1.92. The molecule has 1 amide bonds. The van der Waals surface area contributed by atoms with Crippen molar-refractivity contribution in [1.82, 2.24) is 0 Å². The van der Waals surface area contributed by atoms with E-state index in [0.717, 1.165) is 13.2 Å². The molecule has 1 aromatic rings. The first kappa shape index (κ1) is 17.7. The quantitative estimate of drug-likeness (QED) is 0.821. The minimum atomic E-state index is -3.14. The number of amides is 1. The van der Waals surface area contributed by atoms with Gasteiger partial charge in [0.2, 0.25) is 11.7 Å². The molecule has 1 spiro atoms. The number of benzene rings is 1. The zero-order chi connectivity index (χ0) is 18.4. The highest BCUT2D eigenvalue weighted by atomic mass is 19.3. The van der Waals surface area contributed by atoms with E-state index < -0.39 is 54.3 Å². The lowest BCUT2D eigenvalue weighted by molar-refractivity contribution is -0.319. The van der Waals surface area contributed by atoms with Gasteiger partial charge in [0.1, 0.15) is 19.3 Å². The fraction of sp³-hybridized carbons (Fsp3) is 0.533. The molecule has 0 aliphatic carbocycles. The highest BCUT2D eigenvalue weighted by molar-refractivity contribution is 5.85. The number of ether oxygens (including phenoxy) is 3. The van der Waals surface area contributed by atoms with Crippen LogP contribution in [0.15, 0.2) is 12.1 Å². The lowest BCUT2D eigenvalue weighted by Crippen LogP contribution is -2.51. The summed E-state index contributed by atoms with van der Waals surface area (Å²) in [4.78, 5) is 13.1. The molecule has 0 saturated carbocycles. The molecule has 2 aliphatic heterocycles. The molecular formula is C15H16F4N2O4. The van der Waals surface area contributed by atoms with Crippen molar-refractivity contribution in [2.75, 3.05) is 31.8 Å². The van der Waals surface area contributed by atoms with Crippen molar-refractivity contribution in [3.05, 3.63) is 23.8 Å². The topological polar surface area (TPSA) is 74.0 Å². The molecule has 1 aromatic carbocycles. The Kier molecular flexibility index (Phi) is 4.28. The van der Waals surface area contributed by atoms with Gasteiger partial charge in [-0.2, -0.15) is 4.39 Å². The minimum absolute atomic E-state index is 0.0478. The summed E-state index contributed by atoms with van der Waals surface area (Å²) in [5.41, 5.74) is 5.43. The highest BCUT2D eigenvalue weighted by Crippen LogP contribution is 2.43. The molecule has 6 nitrogen and oxygen atoms in total. The maximum absolute atomic E-state index is 14.0. The maximum atomic E-state index is 14.0. The van der Waals surface area contributed by atoms with E-state index in [2.05, 4.69) is 0 Å². The van der Waals surface area contributed by atoms with Gasteiger partial charge in [0.05, 0.1) is 19.3 Å². The molecule has 2 N–H and O–H groups in total. The Morgan fingerprint density at radius 1 is 1.32 bits per heavy atom. The van der Waals surface area contributed by atoms with Gasteiger partial charge in [-0.25, -0.2) is 13.2 Å². The molecule has 0 radical (unpaired) electrons. The van der Waals surface area contributed by atoms with Crippen molar-refractivity contribution < 1.29 is 36.6 Å². The molecule has 2 fully saturated rings. The summed E-state index contributed by atoms with van der Waals surface area (Å²) in [6, 6.07) is 1.06. The van der Waals surface area contributed by atoms with Gasteiger partial charge in [0.25, 0.3) is 5.92 Å². The number of carbonyl (C=O) groups is 1. The first-order valence-corrected chi connectivity index (χ1v) is 7.42. The molecule has 138 valence electrons. The van der Waals surface area contributed by atoms with Crippen molar-refractivity contribution >= 4 is 11.6 Å². The van der Waals surface area contributed by atoms with Gasteiger partial charge in [-0.1, -0.05) is 0 Å². The lowest BCUT2D eigenvalue weighted by atomic mass is 10.1. The van der Waals surface area contributed by atoms with Crippen LogP contribution in [-0.4, -0.2) is 50.5 Å². The van der Waals surface area contributed by atoms with Gasteiger partial charge < -0.3 is 24.8 Å². The number of nitrogens with zero attached hydrogens (tertiary/aromatic N) is 1. The van der Waals surface area contributed by atoms with Crippen LogP contribution in [0.5, 0.6) is 5.75 Å². The van der Waals surface area contributed by atoms with Crippen LogP contribution in [0.1, 0.15) is 6.42 Å². The van der Waals surface area contributed by atoms with Crippen molar-refractivity contribution in [2.24, 2.45) is 5.73 Å². The largest absolute Gasteiger partial charge is 0.491 e. The second-order valence-corrected chi connectivity index (χ2v) is 6.01. The number of halogens is 4. The third kappa shape index (κ3) is 3.11. The van der Waals surface area contributed by atoms with E-state index in [1.165, 1.54) is 11.0 Å². The number of nitrogens with two attached hydrogens (primary N) is 1. The van der Waals surface area contributed by atoms with E-state index >= 15 is 0 Å². The molecule has 2 saturated heterocycles. The van der Waals surface area contributed by atoms with Crippen LogP contribution in [0.25, 0.3) is 0 Å². The summed E-state index contributed by atoms with van der Waals surface area (Å²) in [6.07, 6.45) is -0.124. The molecule has 3 rings (SSSR count). The molecule has 0 aromatic heterocycles. The number of rotatable bonds is 3. The highest BCUT2D eigenvalue weighted by Gasteiger charge is 2.54. The predicted molar refractivity (Wildman–Crippen MR) is 77.4 cm³/mol. The smallest absolute Gasteiger partial charge is 0.293 e. The number of primary amides is 1. The minimum Gasteiger partial charge on any atom is -0.491 e. The Hall–Kier alpha value is -2.07. The van der Waals surface area contributed by atoms with Crippen molar-refractivity contribution in [3.63, 3.8) is 0 Å². The third-order valence-electron chi connectivity index (χ3n) is 4.26. The number of hydrogen-bond donors (Lipinski definition) is 1. The summed E-state index contributed by atoms with van der Waals surface area (Å²) < 4.78 is 69.2. The normalized spacial score (nSPS) is 24.5. The van der Waals surface area contributed by atoms with Gasteiger partial charge in [0, 0.05) is 6.42 Å². The summed E-state index contributed by atoms with van der Waals surface area (Å²) in [5.74, 6) is -8.20. The van der Waals surface area contributed by atoms with E-state index in [-0.39, 0.29) is 18.7 Å². The third-order valence-corrected chi connectivity index (χ3v) is 4.26. The number of hydrogen-bond acceptors (Lipinski definition) is 5. The first-order valence-electron chi connectivity index (χ1n) is 7.42. The van der Waals surface area contributed by atoms with Crippen molar-refractivity contribution in [1.29, 1.82) is 0 Å². The fourth-order valence-corrected chi connectivity index (χ4v) is 3.06. The molecule has 0 bridgehead atoms. The summed E-state index contributed by atoms with van der Waals surface area (Å²) in [5, 5.41) is 0. The zero-order valence-corrected chi connectivity index (χ0v) is 13.2. The summed E-state index contributed by atoms with van der Waals surface area (Å²) in [7, 11) is 1.14. The van der Waals surface area contributed by atoms with Crippen LogP contribution >= 0.6 is 0 Å². The second-order valence-electron chi connectivity index (χ2n) is 6.01. The van der Waals surface area contributed by atoms with Crippen LogP contribution < -0.4 is 15.4 Å². The van der Waals surface area contributed by atoms with Gasteiger partial charge >= 0.3 is 0 Å². The predicted octanol–water partition coefficient (Wildman–Crippen LogP) is 1.42. The Bertz CT molecular complexity index is 690. The van der Waals surface area contributed by atoms with E-state index in [9.17, 15) is 22.4 Å². The van der Waals surface area contributed by atoms with Gasteiger partial charge in [-0.15, -0.1) is 0 Å². The molecule has 2 aliphatic rings. The van der Waals surface area contributed by atoms with Crippen molar-refractivity contribution in [2.45, 2.75) is 24.2 Å². The van der Waals surface area contributed by atoms with Crippen molar-refractivity contribution in [3.8, 4) is 5.75 Å². The second kappa shape index (κ2) is 6.03. The molecule has 2 heterocycles. The Morgan fingerprint density at radius 3 is 2.52 bits per heavy atom. The van der Waals surface area contributed by atoms with Crippen LogP contribution in [0.2, 0.25) is 0 Å². The maximum Gasteiger partial charge on any atom is 0.293 e. The number of methoxy groups -OCH3 is 1. The fourth-order valence-electron chi connectivity index (χ4n) is 3.06. The molecular weight excluding hydrogens is 348 g/mol. The average Bonchev–Trinajstić information content (AvgIpc) is 2.93. The first-order chi connectivity index (χ1) is 11.7. The van der Waals surface area contributed by atoms with E-state index in [1.54, 1.807) is 0 Å². The Morgan fingerprint density at radius 2 is 1.96 bits per heavy atom. The number of anilines is 1. The van der Waals surface area contributed by atoms with Crippen LogP contribution in [0, 0.1) is 11.6 Å². The van der Waals surface area contributed by atoms with Crippen LogP contribution in [-0.2, 0) is 14.3 Å². The van der Waals surface area contributed by atoms with E-state index in [0.29, 0.717) is 0 Å². The average molecular weight is 364 g/mol. The Labute approximate surface area is 140 Å². The molecule has 25 heavy (non-hydrogen) atoms. The Balaban J connectivity index is 1.96. The molecule has 10 heteroatoms. The van der Waals surface area contributed by atoms with Gasteiger partial charge in [-0.05, 0) is 12.1 Å². The van der Waals surface area contributed by atoms with E-state index in [4.69, 9.17) is 19.9 Å². The van der Waals surface area contributed by atoms with Crippen LogP contribution in [0.4, 0.5) is 23.2 Å². The molecule has 1 atom stereocenters. The SMILES string of the molecule is COc1c(N2CC3(CC2C(N)=O)OCC(F)(F)CO3)ccc(F)c1F. The molecule has 1 unspecified atom stereocenters. The van der Waals surface area contributed by atoms with Gasteiger partial charge in [0.15, 0.2) is 17.4 Å². The van der Waals surface area contributed by atoms with Gasteiger partial charge in [-0.3, -0.25) is 4.79 Å². The lowest BCUT2D eigenvalue weighted by Gasteiger charge is -2.37. The number of alkyl halides is 2. The van der Waals surface area contributed by atoms with Crippen LogP contribution in [0.3, 0.4) is 0 Å². The zero-order valence-electron chi connectivity index (χ0n) is 13.2. The van der Waals surface area contributed by atoms with E-state index in [1.807, 2.05) is 0 Å². The summed E-state index contributed by atoms with van der Waals surface area (Å²) >= 11 is 0. The monoisotopic (exact) mass is 364 g/mol.